The SMILES string of the molecule is CCNCC1(CN2CCC(C)CC2C)CCOC1. The predicted octanol–water partition coefficient (Wildman–Crippen LogP) is 2.12. The van der Waals surface area contributed by atoms with Crippen LogP contribution in [0.25, 0.3) is 0 Å². The lowest BCUT2D eigenvalue weighted by molar-refractivity contribution is 0.0590. The van der Waals surface area contributed by atoms with E-state index in [4.69, 9.17) is 4.74 Å². The van der Waals surface area contributed by atoms with E-state index >= 15 is 0 Å². The highest BCUT2D eigenvalue weighted by molar-refractivity contribution is 4.91. The highest BCUT2D eigenvalue weighted by atomic mass is 16.5. The Hall–Kier alpha value is -0.120. The lowest BCUT2D eigenvalue weighted by atomic mass is 9.84. The minimum atomic E-state index is 0.366. The Labute approximate surface area is 112 Å². The molecule has 0 amide bonds. The van der Waals surface area contributed by atoms with Gasteiger partial charge in [-0.3, -0.25) is 4.90 Å². The van der Waals surface area contributed by atoms with Crippen LogP contribution in [0, 0.1) is 11.3 Å². The third-order valence-corrected chi connectivity index (χ3v) is 4.75. The molecule has 2 aliphatic rings. The number of piperidine rings is 1. The molecule has 2 saturated heterocycles. The smallest absolute Gasteiger partial charge is 0.0547 e. The molecule has 2 aliphatic heterocycles. The van der Waals surface area contributed by atoms with Crippen molar-refractivity contribution in [2.24, 2.45) is 11.3 Å². The summed E-state index contributed by atoms with van der Waals surface area (Å²) >= 11 is 0. The molecule has 1 N–H and O–H groups in total. The molecule has 2 rings (SSSR count). The van der Waals surface area contributed by atoms with Crippen LogP contribution in [0.1, 0.15) is 40.0 Å². The van der Waals surface area contributed by atoms with Crippen LogP contribution in [0.4, 0.5) is 0 Å². The van der Waals surface area contributed by atoms with Crippen molar-refractivity contribution >= 4 is 0 Å². The van der Waals surface area contributed by atoms with Crippen LogP contribution < -0.4 is 5.32 Å². The van der Waals surface area contributed by atoms with Crippen LogP contribution in [0.2, 0.25) is 0 Å². The van der Waals surface area contributed by atoms with E-state index in [-0.39, 0.29) is 0 Å². The zero-order valence-electron chi connectivity index (χ0n) is 12.4. The van der Waals surface area contributed by atoms with Gasteiger partial charge in [0, 0.05) is 31.2 Å². The van der Waals surface area contributed by atoms with Crippen molar-refractivity contribution in [3.05, 3.63) is 0 Å². The molecule has 3 atom stereocenters. The molecule has 3 nitrogen and oxygen atoms in total. The van der Waals surface area contributed by atoms with E-state index < -0.39 is 0 Å². The van der Waals surface area contributed by atoms with Gasteiger partial charge in [0.05, 0.1) is 6.61 Å². The van der Waals surface area contributed by atoms with Crippen molar-refractivity contribution in [3.63, 3.8) is 0 Å². The fourth-order valence-electron chi connectivity index (χ4n) is 3.48. The van der Waals surface area contributed by atoms with Crippen LogP contribution in [0.15, 0.2) is 0 Å². The summed E-state index contributed by atoms with van der Waals surface area (Å²) < 4.78 is 5.69. The van der Waals surface area contributed by atoms with Crippen molar-refractivity contribution in [2.75, 3.05) is 39.4 Å². The fraction of sp³-hybridized carbons (Fsp3) is 1.00. The Bertz CT molecular complexity index is 251. The topological polar surface area (TPSA) is 24.5 Å². The largest absolute Gasteiger partial charge is 0.381 e. The number of likely N-dealkylation sites (tertiary alicyclic amines) is 1. The Morgan fingerprint density at radius 3 is 2.83 bits per heavy atom. The van der Waals surface area contributed by atoms with Crippen molar-refractivity contribution in [2.45, 2.75) is 46.1 Å². The van der Waals surface area contributed by atoms with E-state index in [1.54, 1.807) is 0 Å². The molecule has 0 aromatic rings. The average molecular weight is 254 g/mol. The van der Waals surface area contributed by atoms with Gasteiger partial charge >= 0.3 is 0 Å². The summed E-state index contributed by atoms with van der Waals surface area (Å²) in [4.78, 5) is 2.70. The second-order valence-corrected chi connectivity index (χ2v) is 6.53. The summed E-state index contributed by atoms with van der Waals surface area (Å²) in [6, 6.07) is 0.743. The van der Waals surface area contributed by atoms with Gasteiger partial charge < -0.3 is 10.1 Å². The number of hydrogen-bond donors (Lipinski definition) is 1. The van der Waals surface area contributed by atoms with Crippen molar-refractivity contribution in [3.8, 4) is 0 Å². The second-order valence-electron chi connectivity index (χ2n) is 6.53. The summed E-state index contributed by atoms with van der Waals surface area (Å²) in [5, 5.41) is 3.54. The van der Waals surface area contributed by atoms with Gasteiger partial charge in [0.15, 0.2) is 0 Å². The van der Waals surface area contributed by atoms with Crippen LogP contribution in [-0.4, -0.2) is 50.3 Å². The van der Waals surface area contributed by atoms with Gasteiger partial charge in [-0.2, -0.15) is 0 Å². The molecule has 2 fully saturated rings. The third kappa shape index (κ3) is 3.46. The molecular formula is C15H30N2O. The zero-order chi connectivity index (χ0) is 13.0. The number of nitrogens with zero attached hydrogens (tertiary/aromatic N) is 1. The van der Waals surface area contributed by atoms with Crippen molar-refractivity contribution in [1.82, 2.24) is 10.2 Å². The first-order valence-corrected chi connectivity index (χ1v) is 7.68. The molecule has 0 aromatic carbocycles. The number of rotatable bonds is 5. The average Bonchev–Trinajstić information content (AvgIpc) is 2.80. The third-order valence-electron chi connectivity index (χ3n) is 4.75. The minimum Gasteiger partial charge on any atom is -0.381 e. The number of nitrogens with one attached hydrogen (secondary N) is 1. The van der Waals surface area contributed by atoms with E-state index in [0.717, 1.165) is 38.3 Å². The highest BCUT2D eigenvalue weighted by Crippen LogP contribution is 2.32. The minimum absolute atomic E-state index is 0.366. The predicted molar refractivity (Wildman–Crippen MR) is 75.8 cm³/mol. The number of ether oxygens (including phenoxy) is 1. The molecular weight excluding hydrogens is 224 g/mol. The molecule has 0 saturated carbocycles. The Kier molecular flexibility index (Phi) is 5.05. The Morgan fingerprint density at radius 2 is 2.22 bits per heavy atom. The van der Waals surface area contributed by atoms with Gasteiger partial charge in [-0.25, -0.2) is 0 Å². The lowest BCUT2D eigenvalue weighted by Crippen LogP contribution is -2.50. The summed E-state index contributed by atoms with van der Waals surface area (Å²) in [5.74, 6) is 0.904. The molecule has 0 aliphatic carbocycles. The molecule has 3 heteroatoms. The molecule has 2 heterocycles. The van der Waals surface area contributed by atoms with Crippen molar-refractivity contribution in [1.29, 1.82) is 0 Å². The lowest BCUT2D eigenvalue weighted by Gasteiger charge is -2.42. The first-order valence-electron chi connectivity index (χ1n) is 7.68. The molecule has 0 spiro atoms. The van der Waals surface area contributed by atoms with Crippen LogP contribution >= 0.6 is 0 Å². The van der Waals surface area contributed by atoms with E-state index in [1.165, 1.54) is 32.4 Å². The van der Waals surface area contributed by atoms with Crippen molar-refractivity contribution < 1.29 is 4.74 Å². The molecule has 106 valence electrons. The zero-order valence-corrected chi connectivity index (χ0v) is 12.4. The maximum Gasteiger partial charge on any atom is 0.0547 e. The van der Waals surface area contributed by atoms with Gasteiger partial charge in [-0.1, -0.05) is 13.8 Å². The molecule has 18 heavy (non-hydrogen) atoms. The maximum atomic E-state index is 5.69. The van der Waals surface area contributed by atoms with Gasteiger partial charge in [0.25, 0.3) is 0 Å². The number of hydrogen-bond acceptors (Lipinski definition) is 3. The van der Waals surface area contributed by atoms with E-state index in [2.05, 4.69) is 31.0 Å². The molecule has 0 radical (unpaired) electrons. The first-order chi connectivity index (χ1) is 8.65. The maximum absolute atomic E-state index is 5.69. The standard InChI is InChI=1S/C15H30N2O/c1-4-16-10-15(6-8-18-12-15)11-17-7-5-13(2)9-14(17)3/h13-14,16H,4-12H2,1-3H3. The van der Waals surface area contributed by atoms with E-state index in [0.29, 0.717) is 5.41 Å². The van der Waals surface area contributed by atoms with Crippen LogP contribution in [0.5, 0.6) is 0 Å². The first kappa shape index (κ1) is 14.3. The fourth-order valence-corrected chi connectivity index (χ4v) is 3.48. The summed E-state index contributed by atoms with van der Waals surface area (Å²) in [6.45, 7) is 13.5. The summed E-state index contributed by atoms with van der Waals surface area (Å²) in [7, 11) is 0. The normalized spacial score (nSPS) is 38.2. The van der Waals surface area contributed by atoms with E-state index in [1.807, 2.05) is 0 Å². The summed E-state index contributed by atoms with van der Waals surface area (Å²) in [6.07, 6.45) is 3.94. The van der Waals surface area contributed by atoms with Gasteiger partial charge in [-0.05, 0) is 45.2 Å². The molecule has 3 unspecified atom stereocenters. The van der Waals surface area contributed by atoms with Crippen LogP contribution in [-0.2, 0) is 4.74 Å². The second kappa shape index (κ2) is 6.36. The summed E-state index contributed by atoms with van der Waals surface area (Å²) in [5.41, 5.74) is 0.366. The molecule has 0 aromatic heterocycles. The van der Waals surface area contributed by atoms with Crippen LogP contribution in [0.3, 0.4) is 0 Å². The monoisotopic (exact) mass is 254 g/mol. The van der Waals surface area contributed by atoms with E-state index in [9.17, 15) is 0 Å². The van der Waals surface area contributed by atoms with Gasteiger partial charge in [-0.15, -0.1) is 0 Å². The Balaban J connectivity index is 1.92. The van der Waals surface area contributed by atoms with Gasteiger partial charge in [0.2, 0.25) is 0 Å². The quantitative estimate of drug-likeness (QED) is 0.813. The highest BCUT2D eigenvalue weighted by Gasteiger charge is 2.38. The Morgan fingerprint density at radius 1 is 1.39 bits per heavy atom. The van der Waals surface area contributed by atoms with Gasteiger partial charge in [0.1, 0.15) is 0 Å². The molecule has 0 bridgehead atoms.